The predicted molar refractivity (Wildman–Crippen MR) is 115 cm³/mol. The van der Waals surface area contributed by atoms with Crippen molar-refractivity contribution in [1.82, 2.24) is 4.90 Å². The molecule has 4 rings (SSSR count). The van der Waals surface area contributed by atoms with Crippen LogP contribution in [0.2, 0.25) is 0 Å². The molecule has 0 aliphatic carbocycles. The molecule has 0 unspecified atom stereocenters. The molecule has 0 N–H and O–H groups in total. The van der Waals surface area contributed by atoms with Gasteiger partial charge in [0.25, 0.3) is 0 Å². The summed E-state index contributed by atoms with van der Waals surface area (Å²) in [5.41, 5.74) is 3.80. The van der Waals surface area contributed by atoms with Crippen molar-refractivity contribution in [3.8, 4) is 11.5 Å². The molecule has 0 saturated carbocycles. The molecule has 0 amide bonds. The number of nitrogens with zero attached hydrogens (tertiary/aromatic N) is 3. The highest BCUT2D eigenvalue weighted by molar-refractivity contribution is 9.10. The van der Waals surface area contributed by atoms with Crippen molar-refractivity contribution in [2.24, 2.45) is 9.98 Å². The number of methoxy groups -OCH3 is 2. The second-order valence-electron chi connectivity index (χ2n) is 6.54. The first-order chi connectivity index (χ1) is 14.2. The Labute approximate surface area is 178 Å². The molecular formula is C21H22BrN3O4. The highest BCUT2D eigenvalue weighted by Crippen LogP contribution is 2.41. The zero-order valence-electron chi connectivity index (χ0n) is 16.4. The van der Waals surface area contributed by atoms with Crippen molar-refractivity contribution in [2.75, 3.05) is 40.6 Å². The van der Waals surface area contributed by atoms with Crippen LogP contribution in [0.25, 0.3) is 0 Å². The summed E-state index contributed by atoms with van der Waals surface area (Å²) in [6.45, 7) is 2.52. The molecule has 8 heteroatoms. The van der Waals surface area contributed by atoms with Crippen molar-refractivity contribution in [3.63, 3.8) is 0 Å². The third-order valence-corrected chi connectivity index (χ3v) is 5.39. The standard InChI is InChI=1S/C21H22BrN3O4/c1-26-6-8-28-19-10-14-18(11-20(19)29-9-7-27-2)23-13-25-12-15-16(22)4-3-5-17(15)24-21(14)25/h3-5,10-11,13H,6-9,12H2,1-2H3. The quantitative estimate of drug-likeness (QED) is 0.556. The van der Waals surface area contributed by atoms with Crippen molar-refractivity contribution in [1.29, 1.82) is 0 Å². The fourth-order valence-corrected chi connectivity index (χ4v) is 3.69. The highest BCUT2D eigenvalue weighted by atomic mass is 79.9. The number of benzene rings is 2. The summed E-state index contributed by atoms with van der Waals surface area (Å²) >= 11 is 3.62. The van der Waals surface area contributed by atoms with Gasteiger partial charge in [-0.25, -0.2) is 9.98 Å². The normalized spacial score (nSPS) is 14.0. The average molecular weight is 460 g/mol. The lowest BCUT2D eigenvalue weighted by Gasteiger charge is -2.31. The molecule has 0 bridgehead atoms. The van der Waals surface area contributed by atoms with E-state index in [0.29, 0.717) is 44.5 Å². The summed E-state index contributed by atoms with van der Waals surface area (Å²) in [7, 11) is 3.29. The van der Waals surface area contributed by atoms with Crippen molar-refractivity contribution < 1.29 is 18.9 Å². The van der Waals surface area contributed by atoms with E-state index in [0.717, 1.165) is 32.8 Å². The van der Waals surface area contributed by atoms with E-state index in [4.69, 9.17) is 23.9 Å². The third kappa shape index (κ3) is 4.14. The highest BCUT2D eigenvalue weighted by Gasteiger charge is 2.27. The Hall–Kier alpha value is -2.42. The van der Waals surface area contributed by atoms with Crippen LogP contribution >= 0.6 is 15.9 Å². The van der Waals surface area contributed by atoms with Gasteiger partial charge in [-0.05, 0) is 18.2 Å². The van der Waals surface area contributed by atoms with E-state index >= 15 is 0 Å². The van der Waals surface area contributed by atoms with Crippen molar-refractivity contribution in [3.05, 3.63) is 45.9 Å². The van der Waals surface area contributed by atoms with Gasteiger partial charge in [0, 0.05) is 35.9 Å². The van der Waals surface area contributed by atoms with E-state index in [1.165, 1.54) is 0 Å². The Balaban J connectivity index is 1.72. The topological polar surface area (TPSA) is 64.9 Å². The van der Waals surface area contributed by atoms with E-state index in [-0.39, 0.29) is 0 Å². The van der Waals surface area contributed by atoms with Gasteiger partial charge in [-0.2, -0.15) is 0 Å². The zero-order chi connectivity index (χ0) is 20.2. The maximum absolute atomic E-state index is 5.92. The van der Waals surface area contributed by atoms with Gasteiger partial charge < -0.3 is 23.8 Å². The summed E-state index contributed by atoms with van der Waals surface area (Å²) < 4.78 is 23.0. The second-order valence-corrected chi connectivity index (χ2v) is 7.40. The summed E-state index contributed by atoms with van der Waals surface area (Å²) in [5.74, 6) is 2.11. The molecule has 0 radical (unpaired) electrons. The number of ether oxygens (including phenoxy) is 4. The third-order valence-electron chi connectivity index (χ3n) is 4.65. The van der Waals surface area contributed by atoms with E-state index in [1.54, 1.807) is 14.2 Å². The Bertz CT molecular complexity index is 961. The molecule has 0 aromatic heterocycles. The maximum atomic E-state index is 5.92. The second kappa shape index (κ2) is 8.94. The Morgan fingerprint density at radius 3 is 2.41 bits per heavy atom. The molecule has 2 aromatic rings. The smallest absolute Gasteiger partial charge is 0.163 e. The van der Waals surface area contributed by atoms with Crippen LogP contribution in [0, 0.1) is 0 Å². The van der Waals surface area contributed by atoms with Crippen LogP contribution in [0.4, 0.5) is 11.4 Å². The lowest BCUT2D eigenvalue weighted by atomic mass is 10.0. The fraction of sp³-hybridized carbons (Fsp3) is 0.333. The number of hydrogen-bond acceptors (Lipinski definition) is 7. The molecule has 2 aromatic carbocycles. The molecule has 2 aliphatic rings. The molecule has 29 heavy (non-hydrogen) atoms. The van der Waals surface area contributed by atoms with E-state index in [2.05, 4.69) is 20.9 Å². The summed E-state index contributed by atoms with van der Waals surface area (Å²) in [4.78, 5) is 11.6. The largest absolute Gasteiger partial charge is 0.487 e. The Morgan fingerprint density at radius 1 is 0.966 bits per heavy atom. The van der Waals surface area contributed by atoms with Crippen LogP contribution in [0.3, 0.4) is 0 Å². The van der Waals surface area contributed by atoms with Gasteiger partial charge in [-0.1, -0.05) is 22.0 Å². The predicted octanol–water partition coefficient (Wildman–Crippen LogP) is 4.07. The molecular weight excluding hydrogens is 438 g/mol. The number of amidine groups is 1. The molecule has 0 spiro atoms. The van der Waals surface area contributed by atoms with Crippen LogP contribution in [0.15, 0.2) is 44.8 Å². The van der Waals surface area contributed by atoms with Crippen LogP contribution in [0.5, 0.6) is 11.5 Å². The van der Waals surface area contributed by atoms with Crippen LogP contribution < -0.4 is 9.47 Å². The Morgan fingerprint density at radius 2 is 1.69 bits per heavy atom. The maximum Gasteiger partial charge on any atom is 0.163 e. The first-order valence-electron chi connectivity index (χ1n) is 9.30. The van der Waals surface area contributed by atoms with Gasteiger partial charge in [0.05, 0.1) is 37.5 Å². The number of aliphatic imine (C=N–C) groups is 2. The number of hydrogen-bond donors (Lipinski definition) is 0. The first kappa shape index (κ1) is 19.9. The van der Waals surface area contributed by atoms with Gasteiger partial charge >= 0.3 is 0 Å². The average Bonchev–Trinajstić information content (AvgIpc) is 2.73. The molecule has 2 aliphatic heterocycles. The SMILES string of the molecule is COCCOc1cc2c(cc1OCCOC)C1=Nc3cccc(Br)c3CN1C=N2. The number of fused-ring (bicyclic) bond motifs is 4. The zero-order valence-corrected chi connectivity index (χ0v) is 17.9. The van der Waals surface area contributed by atoms with Gasteiger partial charge in [0.15, 0.2) is 11.5 Å². The summed E-state index contributed by atoms with van der Waals surface area (Å²) in [6, 6.07) is 9.87. The van der Waals surface area contributed by atoms with E-state index < -0.39 is 0 Å². The molecule has 7 nitrogen and oxygen atoms in total. The van der Waals surface area contributed by atoms with Crippen molar-refractivity contribution in [2.45, 2.75) is 6.54 Å². The van der Waals surface area contributed by atoms with Crippen LogP contribution in [0.1, 0.15) is 11.1 Å². The van der Waals surface area contributed by atoms with E-state index in [1.807, 2.05) is 41.6 Å². The molecule has 2 heterocycles. The summed E-state index contributed by atoms with van der Waals surface area (Å²) in [5, 5.41) is 0. The minimum atomic E-state index is 0.422. The molecule has 0 saturated heterocycles. The lowest BCUT2D eigenvalue weighted by molar-refractivity contribution is 0.132. The van der Waals surface area contributed by atoms with Crippen LogP contribution in [-0.2, 0) is 16.0 Å². The van der Waals surface area contributed by atoms with Crippen LogP contribution in [-0.4, -0.2) is 57.7 Å². The van der Waals surface area contributed by atoms with Gasteiger partial charge in [0.1, 0.15) is 19.0 Å². The van der Waals surface area contributed by atoms with Crippen molar-refractivity contribution >= 4 is 39.5 Å². The van der Waals surface area contributed by atoms with E-state index in [9.17, 15) is 0 Å². The number of rotatable bonds is 8. The van der Waals surface area contributed by atoms with Gasteiger partial charge in [0.2, 0.25) is 0 Å². The summed E-state index contributed by atoms with van der Waals surface area (Å²) in [6.07, 6.45) is 1.81. The van der Waals surface area contributed by atoms with Gasteiger partial charge in [-0.3, -0.25) is 0 Å². The molecule has 0 fully saturated rings. The number of halogens is 1. The molecule has 0 atom stereocenters. The van der Waals surface area contributed by atoms with Gasteiger partial charge in [-0.15, -0.1) is 0 Å². The molecule has 152 valence electrons. The Kier molecular flexibility index (Phi) is 6.13. The lowest BCUT2D eigenvalue weighted by Crippen LogP contribution is -2.34. The minimum absolute atomic E-state index is 0.422. The first-order valence-corrected chi connectivity index (χ1v) is 10.1. The minimum Gasteiger partial charge on any atom is -0.487 e. The fourth-order valence-electron chi connectivity index (χ4n) is 3.21. The monoisotopic (exact) mass is 459 g/mol.